The Morgan fingerprint density at radius 3 is 1.92 bits per heavy atom. The summed E-state index contributed by atoms with van der Waals surface area (Å²) in [5.74, 6) is -1.18. The number of rotatable bonds is 3. The summed E-state index contributed by atoms with van der Waals surface area (Å²) in [4.78, 5) is 22.5. The Bertz CT molecular complexity index is 204. The van der Waals surface area contributed by atoms with Crippen molar-refractivity contribution in [1.82, 2.24) is 4.90 Å². The molecule has 0 aromatic carbocycles. The Morgan fingerprint density at radius 2 is 1.67 bits per heavy atom. The van der Waals surface area contributed by atoms with Gasteiger partial charge in [-0.25, -0.2) is 0 Å². The molecule has 4 N–H and O–H groups in total. The summed E-state index contributed by atoms with van der Waals surface area (Å²) in [6.07, 6.45) is 0. The first-order valence-electron chi connectivity index (χ1n) is 3.27. The molecule has 0 saturated heterocycles. The largest absolute Gasteiger partial charge is 0.322 e. The molecule has 2 amide bonds. The normalized spacial score (nSPS) is 8.75. The van der Waals surface area contributed by atoms with Gasteiger partial charge in [-0.1, -0.05) is 0 Å². The second-order valence-electron chi connectivity index (χ2n) is 1.94. The van der Waals surface area contributed by atoms with Gasteiger partial charge in [-0.15, -0.1) is 0 Å². The zero-order chi connectivity index (χ0) is 9.56. The smallest absolute Gasteiger partial charge is 0.243 e. The Hall–Kier alpha value is -1.45. The van der Waals surface area contributed by atoms with Crippen molar-refractivity contribution >= 4 is 11.8 Å². The van der Waals surface area contributed by atoms with E-state index in [-0.39, 0.29) is 19.6 Å². The van der Waals surface area contributed by atoms with Crippen LogP contribution < -0.4 is 11.5 Å². The number of nitriles is 1. The van der Waals surface area contributed by atoms with Crippen LogP contribution in [0.15, 0.2) is 0 Å². The molecule has 0 atom stereocenters. The van der Waals surface area contributed by atoms with Gasteiger partial charge < -0.3 is 11.5 Å². The third-order valence-electron chi connectivity index (χ3n) is 1.18. The molecule has 0 radical (unpaired) electrons. The Morgan fingerprint density at radius 1 is 1.25 bits per heavy atom. The van der Waals surface area contributed by atoms with E-state index in [1.165, 1.54) is 0 Å². The molecule has 6 heteroatoms. The number of imide groups is 1. The third kappa shape index (κ3) is 2.65. The summed E-state index contributed by atoms with van der Waals surface area (Å²) in [5, 5.41) is 8.25. The molecule has 0 rings (SSSR count). The minimum absolute atomic E-state index is 0.298. The van der Waals surface area contributed by atoms with Crippen LogP contribution in [-0.4, -0.2) is 36.3 Å². The number of carbonyl (C=O) groups is 2. The van der Waals surface area contributed by atoms with Crippen molar-refractivity contribution in [2.45, 2.75) is 0 Å². The molecular weight excluding hydrogens is 160 g/mol. The van der Waals surface area contributed by atoms with Crippen LogP contribution >= 0.6 is 0 Å². The molecule has 0 aromatic heterocycles. The molecule has 0 aliphatic carbocycles. The topological polar surface area (TPSA) is 113 Å². The zero-order valence-electron chi connectivity index (χ0n) is 6.49. The summed E-state index contributed by atoms with van der Waals surface area (Å²) in [6.45, 7) is -0.896. The average molecular weight is 170 g/mol. The number of nitrogens with two attached hydrogens (primary N) is 2. The summed E-state index contributed by atoms with van der Waals surface area (Å²) < 4.78 is 0. The van der Waals surface area contributed by atoms with E-state index in [9.17, 15) is 9.59 Å². The van der Waals surface area contributed by atoms with E-state index in [1.807, 2.05) is 0 Å². The van der Waals surface area contributed by atoms with Crippen LogP contribution in [0.3, 0.4) is 0 Å². The molecule has 6 nitrogen and oxygen atoms in total. The molecule has 12 heavy (non-hydrogen) atoms. The number of hydrogen-bond donors (Lipinski definition) is 2. The Kier molecular flexibility index (Phi) is 4.60. The van der Waals surface area contributed by atoms with E-state index in [0.29, 0.717) is 0 Å². The second kappa shape index (κ2) is 5.23. The Balaban J connectivity index is 4.34. The lowest BCUT2D eigenvalue weighted by atomic mass is 10.4. The molecule has 0 aliphatic heterocycles. The fraction of sp³-hybridized carbons (Fsp3) is 0.500. The number of nitrogens with zero attached hydrogens (tertiary/aromatic N) is 2. The molecule has 0 unspecified atom stereocenters. The van der Waals surface area contributed by atoms with E-state index < -0.39 is 11.8 Å². The van der Waals surface area contributed by atoms with Gasteiger partial charge in [0.2, 0.25) is 11.8 Å². The van der Waals surface area contributed by atoms with Crippen molar-refractivity contribution in [1.29, 1.82) is 5.26 Å². The molecule has 0 aliphatic rings. The first-order chi connectivity index (χ1) is 5.67. The van der Waals surface area contributed by atoms with Gasteiger partial charge in [0.15, 0.2) is 0 Å². The lowest BCUT2D eigenvalue weighted by molar-refractivity contribution is -0.142. The molecule has 0 spiro atoms. The quantitative estimate of drug-likeness (QED) is 0.466. The maximum absolute atomic E-state index is 10.9. The highest BCUT2D eigenvalue weighted by Crippen LogP contribution is 1.88. The predicted octanol–water partition coefficient (Wildman–Crippen LogP) is -2.22. The van der Waals surface area contributed by atoms with Gasteiger partial charge in [0, 0.05) is 0 Å². The fourth-order valence-corrected chi connectivity index (χ4v) is 0.607. The average Bonchev–Trinajstić information content (AvgIpc) is 2.11. The first-order valence-corrected chi connectivity index (χ1v) is 3.27. The SMILES string of the molecule is N#CCN(C(=O)CN)C(=O)CN. The molecule has 66 valence electrons. The van der Waals surface area contributed by atoms with Crippen LogP contribution in [0, 0.1) is 11.3 Å². The van der Waals surface area contributed by atoms with Gasteiger partial charge in [-0.2, -0.15) is 5.26 Å². The minimum Gasteiger partial charge on any atom is -0.322 e. The summed E-state index contributed by atoms with van der Waals surface area (Å²) in [7, 11) is 0. The molecule has 0 aromatic rings. The van der Waals surface area contributed by atoms with Crippen LogP contribution in [-0.2, 0) is 9.59 Å². The molecule has 0 saturated carbocycles. The minimum atomic E-state index is -0.591. The summed E-state index contributed by atoms with van der Waals surface area (Å²) in [6, 6.07) is 1.67. The van der Waals surface area contributed by atoms with Crippen molar-refractivity contribution in [3.8, 4) is 6.07 Å². The van der Waals surface area contributed by atoms with Gasteiger partial charge >= 0.3 is 0 Å². The maximum Gasteiger partial charge on any atom is 0.243 e. The molecule has 0 fully saturated rings. The number of carbonyl (C=O) groups excluding carboxylic acids is 2. The van der Waals surface area contributed by atoms with Gasteiger partial charge in [0.1, 0.15) is 6.54 Å². The van der Waals surface area contributed by atoms with Gasteiger partial charge in [-0.05, 0) is 0 Å². The van der Waals surface area contributed by atoms with Crippen LogP contribution in [0.5, 0.6) is 0 Å². The maximum atomic E-state index is 10.9. The first kappa shape index (κ1) is 10.6. The van der Waals surface area contributed by atoms with Gasteiger partial charge in [0.05, 0.1) is 19.2 Å². The highest BCUT2D eigenvalue weighted by Gasteiger charge is 2.17. The van der Waals surface area contributed by atoms with E-state index in [2.05, 4.69) is 0 Å². The highest BCUT2D eigenvalue weighted by molar-refractivity contribution is 5.97. The predicted molar refractivity (Wildman–Crippen MR) is 40.4 cm³/mol. The zero-order valence-corrected chi connectivity index (χ0v) is 6.49. The number of hydrogen-bond acceptors (Lipinski definition) is 5. The lowest BCUT2D eigenvalue weighted by Crippen LogP contribution is -2.43. The fourth-order valence-electron chi connectivity index (χ4n) is 0.607. The van der Waals surface area contributed by atoms with Gasteiger partial charge in [-0.3, -0.25) is 14.5 Å². The number of amides is 2. The van der Waals surface area contributed by atoms with Crippen LogP contribution in [0.25, 0.3) is 0 Å². The van der Waals surface area contributed by atoms with Crippen LogP contribution in [0.4, 0.5) is 0 Å². The van der Waals surface area contributed by atoms with Crippen molar-refractivity contribution in [2.24, 2.45) is 11.5 Å². The van der Waals surface area contributed by atoms with E-state index >= 15 is 0 Å². The molecule has 0 heterocycles. The highest BCUT2D eigenvalue weighted by atomic mass is 16.2. The van der Waals surface area contributed by atoms with Crippen molar-refractivity contribution in [2.75, 3.05) is 19.6 Å². The van der Waals surface area contributed by atoms with E-state index in [0.717, 1.165) is 4.90 Å². The van der Waals surface area contributed by atoms with Crippen molar-refractivity contribution in [3.05, 3.63) is 0 Å². The van der Waals surface area contributed by atoms with Crippen LogP contribution in [0.1, 0.15) is 0 Å². The van der Waals surface area contributed by atoms with E-state index in [1.54, 1.807) is 6.07 Å². The van der Waals surface area contributed by atoms with Gasteiger partial charge in [0.25, 0.3) is 0 Å². The standard InChI is InChI=1S/C6H10N4O2/c7-1-2-10(5(11)3-8)6(12)4-9/h2-4,8-9H2. The Labute approximate surface area is 69.7 Å². The third-order valence-corrected chi connectivity index (χ3v) is 1.18. The monoisotopic (exact) mass is 170 g/mol. The van der Waals surface area contributed by atoms with Crippen molar-refractivity contribution < 1.29 is 9.59 Å². The lowest BCUT2D eigenvalue weighted by Gasteiger charge is -2.14. The van der Waals surface area contributed by atoms with Crippen LogP contribution in [0.2, 0.25) is 0 Å². The second-order valence-corrected chi connectivity index (χ2v) is 1.94. The summed E-state index contributed by atoms with van der Waals surface area (Å²) >= 11 is 0. The molecular formula is C6H10N4O2. The molecule has 0 bridgehead atoms. The van der Waals surface area contributed by atoms with Crippen molar-refractivity contribution in [3.63, 3.8) is 0 Å². The van der Waals surface area contributed by atoms with E-state index in [4.69, 9.17) is 16.7 Å². The summed E-state index contributed by atoms with van der Waals surface area (Å²) in [5.41, 5.74) is 10.0.